The molecule has 0 aromatic heterocycles. The Hall–Kier alpha value is -2.12. The zero-order valence-corrected chi connectivity index (χ0v) is 13.1. The van der Waals surface area contributed by atoms with Crippen LogP contribution in [0.25, 0.3) is 23.3 Å². The lowest BCUT2D eigenvalue weighted by molar-refractivity contribution is 1.57. The first-order chi connectivity index (χ1) is 10.3. The van der Waals surface area contributed by atoms with E-state index in [0.29, 0.717) is 0 Å². The highest BCUT2D eigenvalue weighted by molar-refractivity contribution is 9.10. The van der Waals surface area contributed by atoms with Crippen molar-refractivity contribution in [2.24, 2.45) is 0 Å². The number of benzene rings is 3. The summed E-state index contributed by atoms with van der Waals surface area (Å²) in [5.74, 6) is 0. The van der Waals surface area contributed by atoms with Crippen LogP contribution in [-0.4, -0.2) is 0 Å². The van der Waals surface area contributed by atoms with E-state index in [4.69, 9.17) is 0 Å². The van der Waals surface area contributed by atoms with Crippen LogP contribution >= 0.6 is 15.9 Å². The van der Waals surface area contributed by atoms with Gasteiger partial charge in [-0.2, -0.15) is 0 Å². The van der Waals surface area contributed by atoms with Gasteiger partial charge in [0.2, 0.25) is 0 Å². The maximum atomic E-state index is 3.48. The highest BCUT2D eigenvalue weighted by Crippen LogP contribution is 2.26. The highest BCUT2D eigenvalue weighted by Gasteiger charge is 2.01. The number of halogens is 1. The predicted octanol–water partition coefficient (Wildman–Crippen LogP) is 6.29. The minimum Gasteiger partial charge on any atom is -0.0622 e. The van der Waals surface area contributed by atoms with Gasteiger partial charge in [-0.05, 0) is 34.4 Å². The Labute approximate surface area is 133 Å². The van der Waals surface area contributed by atoms with Crippen molar-refractivity contribution in [3.63, 3.8) is 0 Å². The van der Waals surface area contributed by atoms with Crippen molar-refractivity contribution in [1.29, 1.82) is 0 Å². The molecular formula is C20H15Br. The zero-order chi connectivity index (χ0) is 14.5. The van der Waals surface area contributed by atoms with Gasteiger partial charge in [0.05, 0.1) is 0 Å². The lowest BCUT2D eigenvalue weighted by Crippen LogP contribution is -1.82. The van der Waals surface area contributed by atoms with E-state index >= 15 is 0 Å². The lowest BCUT2D eigenvalue weighted by atomic mass is 9.99. The van der Waals surface area contributed by atoms with Gasteiger partial charge in [-0.1, -0.05) is 94.8 Å². The quantitative estimate of drug-likeness (QED) is 0.494. The molecule has 0 atom stereocenters. The molecule has 3 aromatic rings. The Bertz CT molecular complexity index is 740. The summed E-state index contributed by atoms with van der Waals surface area (Å²) in [6.07, 6.45) is 4.32. The molecule has 0 saturated heterocycles. The smallest absolute Gasteiger partial charge is 0.0175 e. The van der Waals surface area contributed by atoms with Gasteiger partial charge in [-0.3, -0.25) is 0 Å². The Morgan fingerprint density at radius 2 is 1.29 bits per heavy atom. The van der Waals surface area contributed by atoms with Crippen LogP contribution in [0.5, 0.6) is 0 Å². The first-order valence-electron chi connectivity index (χ1n) is 6.91. The SMILES string of the molecule is Brc1ccc(-c2ccccc2C=Cc2ccccc2)cc1. The highest BCUT2D eigenvalue weighted by atomic mass is 79.9. The Morgan fingerprint density at radius 3 is 2.05 bits per heavy atom. The van der Waals surface area contributed by atoms with Crippen molar-refractivity contribution in [2.45, 2.75) is 0 Å². The minimum absolute atomic E-state index is 1.10. The van der Waals surface area contributed by atoms with Crippen LogP contribution in [0, 0.1) is 0 Å². The molecule has 0 spiro atoms. The molecule has 3 rings (SSSR count). The molecule has 0 fully saturated rings. The second kappa shape index (κ2) is 6.55. The Morgan fingerprint density at radius 1 is 0.619 bits per heavy atom. The average molecular weight is 335 g/mol. The predicted molar refractivity (Wildman–Crippen MR) is 94.9 cm³/mol. The molecule has 0 bridgehead atoms. The molecule has 0 heterocycles. The van der Waals surface area contributed by atoms with E-state index in [0.717, 1.165) is 4.47 Å². The molecule has 0 nitrogen and oxygen atoms in total. The second-order valence-corrected chi connectivity index (χ2v) is 5.75. The topological polar surface area (TPSA) is 0 Å². The number of hydrogen-bond donors (Lipinski definition) is 0. The maximum absolute atomic E-state index is 3.48. The zero-order valence-electron chi connectivity index (χ0n) is 11.5. The van der Waals surface area contributed by atoms with Gasteiger partial charge >= 0.3 is 0 Å². The summed E-state index contributed by atoms with van der Waals surface area (Å²) in [5.41, 5.74) is 4.91. The third-order valence-electron chi connectivity index (χ3n) is 3.37. The number of rotatable bonds is 3. The van der Waals surface area contributed by atoms with Gasteiger partial charge in [0.15, 0.2) is 0 Å². The summed E-state index contributed by atoms with van der Waals surface area (Å²) < 4.78 is 1.10. The fourth-order valence-electron chi connectivity index (χ4n) is 2.28. The van der Waals surface area contributed by atoms with E-state index in [1.807, 2.05) is 6.07 Å². The van der Waals surface area contributed by atoms with E-state index in [1.165, 1.54) is 22.3 Å². The Balaban J connectivity index is 1.96. The van der Waals surface area contributed by atoms with E-state index in [9.17, 15) is 0 Å². The molecule has 102 valence electrons. The van der Waals surface area contributed by atoms with E-state index in [1.54, 1.807) is 0 Å². The van der Waals surface area contributed by atoms with Crippen LogP contribution in [-0.2, 0) is 0 Å². The van der Waals surface area contributed by atoms with Gasteiger partial charge in [-0.15, -0.1) is 0 Å². The van der Waals surface area contributed by atoms with Crippen LogP contribution in [0.15, 0.2) is 83.3 Å². The third kappa shape index (κ3) is 3.50. The molecule has 0 aliphatic carbocycles. The van der Waals surface area contributed by atoms with E-state index in [2.05, 4.69) is 101 Å². The standard InChI is InChI=1S/C20H15Br/c21-19-14-12-18(13-15-19)20-9-5-4-8-17(20)11-10-16-6-2-1-3-7-16/h1-15H. The largest absolute Gasteiger partial charge is 0.0622 e. The summed E-state index contributed by atoms with van der Waals surface area (Å²) in [6.45, 7) is 0. The van der Waals surface area contributed by atoms with Gasteiger partial charge in [0.1, 0.15) is 0 Å². The van der Waals surface area contributed by atoms with Crippen LogP contribution in [0.1, 0.15) is 11.1 Å². The average Bonchev–Trinajstić information content (AvgIpc) is 2.55. The molecular weight excluding hydrogens is 320 g/mol. The monoisotopic (exact) mass is 334 g/mol. The van der Waals surface area contributed by atoms with Crippen molar-refractivity contribution < 1.29 is 0 Å². The fourth-order valence-corrected chi connectivity index (χ4v) is 2.55. The van der Waals surface area contributed by atoms with Crippen LogP contribution in [0.3, 0.4) is 0 Å². The van der Waals surface area contributed by atoms with Crippen molar-refractivity contribution >= 4 is 28.1 Å². The molecule has 21 heavy (non-hydrogen) atoms. The van der Waals surface area contributed by atoms with Crippen LogP contribution in [0.2, 0.25) is 0 Å². The first-order valence-corrected chi connectivity index (χ1v) is 7.70. The van der Waals surface area contributed by atoms with Gasteiger partial charge in [0.25, 0.3) is 0 Å². The molecule has 0 saturated carbocycles. The van der Waals surface area contributed by atoms with Crippen molar-refractivity contribution in [3.8, 4) is 11.1 Å². The normalized spacial score (nSPS) is 10.9. The summed E-state index contributed by atoms with van der Waals surface area (Å²) in [7, 11) is 0. The van der Waals surface area contributed by atoms with E-state index in [-0.39, 0.29) is 0 Å². The van der Waals surface area contributed by atoms with Gasteiger partial charge < -0.3 is 0 Å². The maximum Gasteiger partial charge on any atom is 0.0175 e. The van der Waals surface area contributed by atoms with Crippen molar-refractivity contribution in [3.05, 3.63) is 94.5 Å². The molecule has 0 aliphatic heterocycles. The van der Waals surface area contributed by atoms with Crippen molar-refractivity contribution in [1.82, 2.24) is 0 Å². The van der Waals surface area contributed by atoms with Crippen LogP contribution in [0.4, 0.5) is 0 Å². The van der Waals surface area contributed by atoms with Gasteiger partial charge in [-0.25, -0.2) is 0 Å². The molecule has 1 heteroatoms. The summed E-state index contributed by atoms with van der Waals surface area (Å²) in [5, 5.41) is 0. The molecule has 0 amide bonds. The second-order valence-electron chi connectivity index (χ2n) is 4.84. The summed E-state index contributed by atoms with van der Waals surface area (Å²) in [6, 6.07) is 27.3. The van der Waals surface area contributed by atoms with E-state index < -0.39 is 0 Å². The van der Waals surface area contributed by atoms with Gasteiger partial charge in [0, 0.05) is 4.47 Å². The first kappa shape index (κ1) is 13.8. The molecule has 3 aromatic carbocycles. The van der Waals surface area contributed by atoms with Crippen LogP contribution < -0.4 is 0 Å². The fraction of sp³-hybridized carbons (Fsp3) is 0. The van der Waals surface area contributed by atoms with Crippen molar-refractivity contribution in [2.75, 3.05) is 0 Å². The molecule has 0 unspecified atom stereocenters. The number of hydrogen-bond acceptors (Lipinski definition) is 0. The minimum atomic E-state index is 1.10. The molecule has 0 N–H and O–H groups in total. The molecule has 0 aliphatic rings. The summed E-state index contributed by atoms with van der Waals surface area (Å²) in [4.78, 5) is 0. The molecule has 0 radical (unpaired) electrons. The third-order valence-corrected chi connectivity index (χ3v) is 3.90. The summed E-state index contributed by atoms with van der Waals surface area (Å²) >= 11 is 3.48. The lowest BCUT2D eigenvalue weighted by Gasteiger charge is -2.06. The Kier molecular flexibility index (Phi) is 4.32.